The quantitative estimate of drug-likeness (QED) is 0.625. The highest BCUT2D eigenvalue weighted by molar-refractivity contribution is 6.30. The summed E-state index contributed by atoms with van der Waals surface area (Å²) in [5, 5.41) is 10.3. The molecule has 1 aliphatic carbocycles. The van der Waals surface area contributed by atoms with Crippen LogP contribution in [-0.2, 0) is 0 Å². The summed E-state index contributed by atoms with van der Waals surface area (Å²) in [6.07, 6.45) is 3.51. The average molecular weight is 161 g/mol. The molecule has 0 fully saturated rings. The fourth-order valence-corrected chi connectivity index (χ4v) is 1.79. The third-order valence-electron chi connectivity index (χ3n) is 2.01. The van der Waals surface area contributed by atoms with Gasteiger partial charge in [0.2, 0.25) is 0 Å². The van der Waals surface area contributed by atoms with Crippen molar-refractivity contribution in [3.8, 4) is 0 Å². The third-order valence-corrected chi connectivity index (χ3v) is 2.44. The van der Waals surface area contributed by atoms with Crippen molar-refractivity contribution >= 4 is 11.6 Å². The number of aliphatic hydroxyl groups is 1. The van der Waals surface area contributed by atoms with Gasteiger partial charge in [0.1, 0.15) is 0 Å². The molecule has 58 valence electrons. The minimum Gasteiger partial charge on any atom is -0.389 e. The predicted molar refractivity (Wildman–Crippen MR) is 43.0 cm³/mol. The maximum Gasteiger partial charge on any atom is 0.0764 e. The summed E-state index contributed by atoms with van der Waals surface area (Å²) in [6, 6.07) is 0. The molecule has 0 heterocycles. The van der Waals surface area contributed by atoms with Gasteiger partial charge in [0.05, 0.1) is 6.10 Å². The van der Waals surface area contributed by atoms with Crippen LogP contribution >= 0.6 is 11.6 Å². The fraction of sp³-hybridized carbons (Fsp3) is 0.750. The molecule has 0 saturated carbocycles. The Kier molecular flexibility index (Phi) is 2.75. The Morgan fingerprint density at radius 3 is 2.80 bits per heavy atom. The van der Waals surface area contributed by atoms with Gasteiger partial charge in [-0.15, -0.1) is 0 Å². The Hall–Kier alpha value is -0.0100. The molecule has 1 unspecified atom stereocenters. The van der Waals surface area contributed by atoms with Gasteiger partial charge < -0.3 is 5.11 Å². The summed E-state index contributed by atoms with van der Waals surface area (Å²) in [6.45, 7) is 2.03. The zero-order valence-electron chi connectivity index (χ0n) is 6.23. The van der Waals surface area contributed by atoms with Crippen LogP contribution in [0.15, 0.2) is 10.6 Å². The molecule has 1 N–H and O–H groups in total. The van der Waals surface area contributed by atoms with E-state index in [2.05, 4.69) is 0 Å². The van der Waals surface area contributed by atoms with Crippen molar-refractivity contribution in [2.75, 3.05) is 0 Å². The lowest BCUT2D eigenvalue weighted by Gasteiger charge is -2.20. The molecule has 0 radical (unpaired) electrons. The Balaban J connectivity index is 2.73. The smallest absolute Gasteiger partial charge is 0.0764 e. The number of allylic oxidation sites excluding steroid dienone is 1. The molecular weight excluding hydrogens is 148 g/mol. The van der Waals surface area contributed by atoms with Gasteiger partial charge in [-0.3, -0.25) is 0 Å². The molecule has 10 heavy (non-hydrogen) atoms. The Morgan fingerprint density at radius 2 is 2.40 bits per heavy atom. The molecule has 0 aromatic heterocycles. The van der Waals surface area contributed by atoms with Gasteiger partial charge in [-0.25, -0.2) is 0 Å². The highest BCUT2D eigenvalue weighted by Crippen LogP contribution is 2.29. The first-order chi connectivity index (χ1) is 4.75. The lowest BCUT2D eigenvalue weighted by atomic mass is 9.95. The largest absolute Gasteiger partial charge is 0.389 e. The minimum atomic E-state index is -0.258. The highest BCUT2D eigenvalue weighted by atomic mass is 35.5. The van der Waals surface area contributed by atoms with Crippen molar-refractivity contribution in [2.45, 2.75) is 38.7 Å². The normalized spacial score (nSPS) is 27.3. The van der Waals surface area contributed by atoms with Crippen molar-refractivity contribution < 1.29 is 5.11 Å². The first kappa shape index (κ1) is 8.09. The summed E-state index contributed by atoms with van der Waals surface area (Å²) in [5.74, 6) is 0. The standard InChI is InChI=1S/C8H13ClO/c1-2-6-7(9)4-3-5-8(6)10/h8,10H,2-5H2,1H3. The van der Waals surface area contributed by atoms with E-state index in [1.165, 1.54) is 0 Å². The van der Waals surface area contributed by atoms with Gasteiger partial charge in [-0.05, 0) is 31.3 Å². The van der Waals surface area contributed by atoms with Crippen LogP contribution in [0.1, 0.15) is 32.6 Å². The van der Waals surface area contributed by atoms with Crippen LogP contribution in [0.3, 0.4) is 0 Å². The summed E-state index contributed by atoms with van der Waals surface area (Å²) in [7, 11) is 0. The van der Waals surface area contributed by atoms with E-state index in [1.807, 2.05) is 6.92 Å². The Labute approximate surface area is 66.7 Å². The van der Waals surface area contributed by atoms with Crippen LogP contribution in [-0.4, -0.2) is 11.2 Å². The zero-order chi connectivity index (χ0) is 7.56. The van der Waals surface area contributed by atoms with E-state index in [9.17, 15) is 5.11 Å². The fourth-order valence-electron chi connectivity index (χ4n) is 1.39. The molecule has 0 amide bonds. The van der Waals surface area contributed by atoms with E-state index in [1.54, 1.807) is 0 Å². The monoisotopic (exact) mass is 160 g/mol. The maximum atomic E-state index is 9.40. The summed E-state index contributed by atoms with van der Waals surface area (Å²) < 4.78 is 0. The number of hydrogen-bond donors (Lipinski definition) is 1. The lowest BCUT2D eigenvalue weighted by Crippen LogP contribution is -2.14. The number of rotatable bonds is 1. The zero-order valence-corrected chi connectivity index (χ0v) is 6.99. The van der Waals surface area contributed by atoms with Gasteiger partial charge in [0.25, 0.3) is 0 Å². The average Bonchev–Trinajstić information content (AvgIpc) is 1.88. The van der Waals surface area contributed by atoms with Crippen LogP contribution < -0.4 is 0 Å². The SMILES string of the molecule is CCC1=C(Cl)CCCC1O. The molecule has 1 nitrogen and oxygen atoms in total. The van der Waals surface area contributed by atoms with Gasteiger partial charge in [0.15, 0.2) is 0 Å². The number of hydrogen-bond acceptors (Lipinski definition) is 1. The molecule has 1 rings (SSSR count). The van der Waals surface area contributed by atoms with Gasteiger partial charge in [0, 0.05) is 5.03 Å². The van der Waals surface area contributed by atoms with Crippen LogP contribution in [0.2, 0.25) is 0 Å². The molecule has 1 aliphatic rings. The van der Waals surface area contributed by atoms with Crippen molar-refractivity contribution in [2.24, 2.45) is 0 Å². The van der Waals surface area contributed by atoms with E-state index in [-0.39, 0.29) is 6.10 Å². The van der Waals surface area contributed by atoms with Crippen LogP contribution in [0, 0.1) is 0 Å². The summed E-state index contributed by atoms with van der Waals surface area (Å²) >= 11 is 5.90. The van der Waals surface area contributed by atoms with Crippen LogP contribution in [0.25, 0.3) is 0 Å². The van der Waals surface area contributed by atoms with E-state index in [0.29, 0.717) is 0 Å². The summed E-state index contributed by atoms with van der Waals surface area (Å²) in [5.41, 5.74) is 1.05. The molecule has 1 atom stereocenters. The first-order valence-corrected chi connectivity index (χ1v) is 4.19. The number of aliphatic hydroxyl groups excluding tert-OH is 1. The van der Waals surface area contributed by atoms with Gasteiger partial charge in [-0.1, -0.05) is 18.5 Å². The second kappa shape index (κ2) is 3.40. The van der Waals surface area contributed by atoms with Gasteiger partial charge >= 0.3 is 0 Å². The Morgan fingerprint density at radius 1 is 1.70 bits per heavy atom. The van der Waals surface area contributed by atoms with Crippen molar-refractivity contribution in [3.63, 3.8) is 0 Å². The summed E-state index contributed by atoms with van der Waals surface area (Å²) in [4.78, 5) is 0. The van der Waals surface area contributed by atoms with Gasteiger partial charge in [-0.2, -0.15) is 0 Å². The van der Waals surface area contributed by atoms with Crippen LogP contribution in [0.4, 0.5) is 0 Å². The van der Waals surface area contributed by atoms with Crippen LogP contribution in [0.5, 0.6) is 0 Å². The topological polar surface area (TPSA) is 20.2 Å². The van der Waals surface area contributed by atoms with Crippen molar-refractivity contribution in [3.05, 3.63) is 10.6 Å². The van der Waals surface area contributed by atoms with Crippen molar-refractivity contribution in [1.29, 1.82) is 0 Å². The molecule has 0 aromatic carbocycles. The Bertz CT molecular complexity index is 151. The third kappa shape index (κ3) is 1.53. The molecule has 0 saturated heterocycles. The molecule has 2 heteroatoms. The van der Waals surface area contributed by atoms with E-state index < -0.39 is 0 Å². The molecule has 0 bridgehead atoms. The van der Waals surface area contributed by atoms with E-state index in [0.717, 1.165) is 36.3 Å². The minimum absolute atomic E-state index is 0.258. The molecule has 0 spiro atoms. The van der Waals surface area contributed by atoms with E-state index >= 15 is 0 Å². The first-order valence-electron chi connectivity index (χ1n) is 3.81. The highest BCUT2D eigenvalue weighted by Gasteiger charge is 2.17. The molecule has 0 aliphatic heterocycles. The predicted octanol–water partition coefficient (Wildman–Crippen LogP) is 2.43. The molecular formula is C8H13ClO. The molecule has 0 aromatic rings. The second-order valence-electron chi connectivity index (χ2n) is 2.69. The van der Waals surface area contributed by atoms with E-state index in [4.69, 9.17) is 11.6 Å². The lowest BCUT2D eigenvalue weighted by molar-refractivity contribution is 0.187. The maximum absolute atomic E-state index is 9.40. The second-order valence-corrected chi connectivity index (χ2v) is 3.15. The van der Waals surface area contributed by atoms with Crippen molar-refractivity contribution in [1.82, 2.24) is 0 Å². The number of halogens is 1.